The van der Waals surface area contributed by atoms with Gasteiger partial charge in [-0.3, -0.25) is 4.79 Å². The predicted octanol–water partition coefficient (Wildman–Crippen LogP) is 3.53. The summed E-state index contributed by atoms with van der Waals surface area (Å²) in [6.45, 7) is 1.86. The molecular formula is C20H22N4O2S. The zero-order valence-electron chi connectivity index (χ0n) is 15.5. The van der Waals surface area contributed by atoms with Crippen LogP contribution in [0.2, 0.25) is 0 Å². The number of thioether (sulfide) groups is 1. The van der Waals surface area contributed by atoms with Gasteiger partial charge in [-0.05, 0) is 36.8 Å². The number of ether oxygens (including phenoxy) is 1. The first-order valence-electron chi connectivity index (χ1n) is 8.60. The average Bonchev–Trinajstić information content (AvgIpc) is 3.03. The number of rotatable bonds is 7. The largest absolute Gasteiger partial charge is 0.497 e. The first kappa shape index (κ1) is 19.0. The van der Waals surface area contributed by atoms with Crippen molar-refractivity contribution in [3.8, 4) is 5.75 Å². The smallest absolute Gasteiger partial charge is 0.237 e. The van der Waals surface area contributed by atoms with E-state index in [1.165, 1.54) is 17.3 Å². The third-order valence-corrected chi connectivity index (χ3v) is 5.27. The van der Waals surface area contributed by atoms with Crippen LogP contribution >= 0.6 is 11.8 Å². The van der Waals surface area contributed by atoms with Crippen LogP contribution in [0, 0.1) is 0 Å². The van der Waals surface area contributed by atoms with E-state index in [2.05, 4.69) is 27.6 Å². The summed E-state index contributed by atoms with van der Waals surface area (Å²) in [4.78, 5) is 12.5. The fourth-order valence-electron chi connectivity index (χ4n) is 2.51. The second-order valence-electron chi connectivity index (χ2n) is 6.10. The topological polar surface area (TPSA) is 69.0 Å². The van der Waals surface area contributed by atoms with Gasteiger partial charge in [-0.25, -0.2) is 0 Å². The average molecular weight is 382 g/mol. The van der Waals surface area contributed by atoms with E-state index in [1.807, 2.05) is 61.0 Å². The molecule has 0 aliphatic carbocycles. The summed E-state index contributed by atoms with van der Waals surface area (Å²) in [7, 11) is 3.54. The van der Waals surface area contributed by atoms with Crippen LogP contribution in [0.4, 0.5) is 5.69 Å². The highest BCUT2D eigenvalue weighted by Crippen LogP contribution is 2.24. The van der Waals surface area contributed by atoms with E-state index >= 15 is 0 Å². The molecule has 0 bridgehead atoms. The summed E-state index contributed by atoms with van der Waals surface area (Å²) in [5.74, 6) is 1.53. The monoisotopic (exact) mass is 382 g/mol. The number of aromatic nitrogens is 3. The molecule has 6 nitrogen and oxygen atoms in total. The van der Waals surface area contributed by atoms with Crippen molar-refractivity contribution in [1.82, 2.24) is 14.8 Å². The number of hydrogen-bond donors (Lipinski definition) is 1. The lowest BCUT2D eigenvalue weighted by molar-refractivity contribution is -0.115. The molecule has 3 aromatic rings. The van der Waals surface area contributed by atoms with Gasteiger partial charge in [-0.1, -0.05) is 42.1 Å². The molecule has 2 aromatic carbocycles. The van der Waals surface area contributed by atoms with E-state index in [0.29, 0.717) is 6.42 Å². The molecule has 0 spiro atoms. The summed E-state index contributed by atoms with van der Waals surface area (Å²) in [5, 5.41) is 11.8. The molecule has 0 aliphatic heterocycles. The van der Waals surface area contributed by atoms with Crippen molar-refractivity contribution in [1.29, 1.82) is 0 Å². The fraction of sp³-hybridized carbons (Fsp3) is 0.250. The Morgan fingerprint density at radius 3 is 2.52 bits per heavy atom. The highest BCUT2D eigenvalue weighted by Gasteiger charge is 2.19. The number of nitrogens with zero attached hydrogens (tertiary/aromatic N) is 3. The van der Waals surface area contributed by atoms with Crippen LogP contribution < -0.4 is 10.1 Å². The van der Waals surface area contributed by atoms with Crippen molar-refractivity contribution in [2.24, 2.45) is 7.05 Å². The normalized spacial score (nSPS) is 11.8. The highest BCUT2D eigenvalue weighted by molar-refractivity contribution is 8.00. The van der Waals surface area contributed by atoms with Gasteiger partial charge in [-0.2, -0.15) is 0 Å². The molecule has 1 unspecified atom stereocenters. The minimum Gasteiger partial charge on any atom is -0.497 e. The molecule has 0 fully saturated rings. The summed E-state index contributed by atoms with van der Waals surface area (Å²) < 4.78 is 7.06. The van der Waals surface area contributed by atoms with Gasteiger partial charge in [0.05, 0.1) is 12.4 Å². The number of anilines is 1. The van der Waals surface area contributed by atoms with Crippen molar-refractivity contribution in [3.63, 3.8) is 0 Å². The van der Waals surface area contributed by atoms with Gasteiger partial charge in [0.25, 0.3) is 0 Å². The number of methoxy groups -OCH3 is 1. The van der Waals surface area contributed by atoms with Gasteiger partial charge in [0.15, 0.2) is 5.16 Å². The third-order valence-electron chi connectivity index (χ3n) is 4.14. The number of carbonyl (C=O) groups excluding carboxylic acids is 1. The number of benzene rings is 2. The van der Waals surface area contributed by atoms with Crippen LogP contribution in [0.5, 0.6) is 5.75 Å². The van der Waals surface area contributed by atoms with Crippen LogP contribution in [0.25, 0.3) is 0 Å². The molecule has 140 valence electrons. The SMILES string of the molecule is COc1ccc(NC(=O)C(C)Sc2nnc(Cc3ccccc3)n2C)cc1. The Bertz CT molecular complexity index is 894. The van der Waals surface area contributed by atoms with Crippen LogP contribution in [-0.4, -0.2) is 33.0 Å². The lowest BCUT2D eigenvalue weighted by Crippen LogP contribution is -2.22. The van der Waals surface area contributed by atoms with Gasteiger partial charge in [0, 0.05) is 19.2 Å². The fourth-order valence-corrected chi connectivity index (χ4v) is 3.34. The molecule has 1 aromatic heterocycles. The summed E-state index contributed by atoms with van der Waals surface area (Å²) in [6.07, 6.45) is 0.706. The maximum Gasteiger partial charge on any atom is 0.237 e. The number of amides is 1. The molecule has 1 N–H and O–H groups in total. The molecule has 27 heavy (non-hydrogen) atoms. The molecule has 7 heteroatoms. The summed E-state index contributed by atoms with van der Waals surface area (Å²) in [6, 6.07) is 17.4. The summed E-state index contributed by atoms with van der Waals surface area (Å²) in [5.41, 5.74) is 1.91. The van der Waals surface area contributed by atoms with Gasteiger partial charge < -0.3 is 14.6 Å². The molecule has 0 radical (unpaired) electrons. The summed E-state index contributed by atoms with van der Waals surface area (Å²) >= 11 is 1.39. The number of hydrogen-bond acceptors (Lipinski definition) is 5. The predicted molar refractivity (Wildman–Crippen MR) is 107 cm³/mol. The molecule has 1 amide bonds. The van der Waals surface area contributed by atoms with E-state index in [1.54, 1.807) is 7.11 Å². The standard InChI is InChI=1S/C20H22N4O2S/c1-14(19(25)21-16-9-11-17(26-3)12-10-16)27-20-23-22-18(24(20)2)13-15-7-5-4-6-8-15/h4-12,14H,13H2,1-3H3,(H,21,25). The Hall–Kier alpha value is -2.80. The van der Waals surface area contributed by atoms with Crippen molar-refractivity contribution in [3.05, 3.63) is 66.0 Å². The number of nitrogens with one attached hydrogen (secondary N) is 1. The van der Waals surface area contributed by atoms with Crippen molar-refractivity contribution in [2.75, 3.05) is 12.4 Å². The van der Waals surface area contributed by atoms with Gasteiger partial charge in [0.2, 0.25) is 5.91 Å². The van der Waals surface area contributed by atoms with Crippen LogP contribution in [-0.2, 0) is 18.3 Å². The molecule has 0 saturated heterocycles. The molecule has 1 heterocycles. The maximum absolute atomic E-state index is 12.5. The van der Waals surface area contributed by atoms with E-state index in [0.717, 1.165) is 22.4 Å². The Kier molecular flexibility index (Phi) is 6.13. The maximum atomic E-state index is 12.5. The highest BCUT2D eigenvalue weighted by atomic mass is 32.2. The Balaban J connectivity index is 1.61. The zero-order chi connectivity index (χ0) is 19.2. The second kappa shape index (κ2) is 8.73. The molecule has 0 aliphatic rings. The van der Waals surface area contributed by atoms with Crippen molar-refractivity contribution < 1.29 is 9.53 Å². The third kappa shape index (κ3) is 4.89. The van der Waals surface area contributed by atoms with Crippen molar-refractivity contribution in [2.45, 2.75) is 23.8 Å². The first-order chi connectivity index (χ1) is 13.1. The Labute approximate surface area is 163 Å². The van der Waals surface area contributed by atoms with Crippen LogP contribution in [0.1, 0.15) is 18.3 Å². The minimum absolute atomic E-state index is 0.0854. The zero-order valence-corrected chi connectivity index (χ0v) is 16.4. The Morgan fingerprint density at radius 2 is 1.85 bits per heavy atom. The van der Waals surface area contributed by atoms with Gasteiger partial charge >= 0.3 is 0 Å². The molecule has 0 saturated carbocycles. The quantitative estimate of drug-likeness (QED) is 0.633. The molecular weight excluding hydrogens is 360 g/mol. The van der Waals surface area contributed by atoms with Gasteiger partial charge in [-0.15, -0.1) is 10.2 Å². The van der Waals surface area contributed by atoms with Crippen LogP contribution in [0.15, 0.2) is 59.8 Å². The second-order valence-corrected chi connectivity index (χ2v) is 7.41. The lowest BCUT2D eigenvalue weighted by Gasteiger charge is -2.12. The molecule has 3 rings (SSSR count). The first-order valence-corrected chi connectivity index (χ1v) is 9.48. The number of carbonyl (C=O) groups is 1. The van der Waals surface area contributed by atoms with E-state index < -0.39 is 0 Å². The van der Waals surface area contributed by atoms with Gasteiger partial charge in [0.1, 0.15) is 11.6 Å². The molecule has 1 atom stereocenters. The lowest BCUT2D eigenvalue weighted by atomic mass is 10.1. The van der Waals surface area contributed by atoms with Crippen molar-refractivity contribution >= 4 is 23.4 Å². The van der Waals surface area contributed by atoms with Crippen LogP contribution in [0.3, 0.4) is 0 Å². The van der Waals surface area contributed by atoms with E-state index in [4.69, 9.17) is 4.74 Å². The Morgan fingerprint density at radius 1 is 1.15 bits per heavy atom. The van der Waals surface area contributed by atoms with E-state index in [9.17, 15) is 4.79 Å². The van der Waals surface area contributed by atoms with E-state index in [-0.39, 0.29) is 11.2 Å². The minimum atomic E-state index is -0.306.